The van der Waals surface area contributed by atoms with Gasteiger partial charge in [0.05, 0.1) is 18.7 Å². The number of hydrogen-bond acceptors (Lipinski definition) is 4. The number of ether oxygens (including phenoxy) is 1. The molecule has 1 aliphatic rings. The fraction of sp³-hybridized carbons (Fsp3) is 0.333. The zero-order valence-electron chi connectivity index (χ0n) is 11.2. The summed E-state index contributed by atoms with van der Waals surface area (Å²) in [7, 11) is 1.62. The van der Waals surface area contributed by atoms with Crippen LogP contribution in [0.1, 0.15) is 16.9 Å². The van der Waals surface area contributed by atoms with Crippen LogP contribution in [0.3, 0.4) is 0 Å². The third kappa shape index (κ3) is 2.32. The van der Waals surface area contributed by atoms with Crippen molar-refractivity contribution >= 4 is 16.8 Å². The number of aliphatic hydroxyl groups is 1. The highest BCUT2D eigenvalue weighted by atomic mass is 16.5. The van der Waals surface area contributed by atoms with Gasteiger partial charge in [0.1, 0.15) is 11.4 Å². The summed E-state index contributed by atoms with van der Waals surface area (Å²) in [6.45, 7) is 0.976. The van der Waals surface area contributed by atoms with Crippen molar-refractivity contribution < 1.29 is 14.6 Å². The third-order valence-corrected chi connectivity index (χ3v) is 3.57. The fourth-order valence-corrected chi connectivity index (χ4v) is 2.44. The Morgan fingerprint density at radius 1 is 1.40 bits per heavy atom. The predicted molar refractivity (Wildman–Crippen MR) is 74.8 cm³/mol. The number of rotatable bonds is 2. The molecule has 5 heteroatoms. The van der Waals surface area contributed by atoms with Gasteiger partial charge in [0.2, 0.25) is 0 Å². The molecule has 1 aromatic heterocycles. The summed E-state index contributed by atoms with van der Waals surface area (Å²) in [5, 5.41) is 10.4. The molecule has 1 saturated heterocycles. The number of benzene rings is 1. The first-order valence-electron chi connectivity index (χ1n) is 6.59. The summed E-state index contributed by atoms with van der Waals surface area (Å²) < 4.78 is 5.16. The first kappa shape index (κ1) is 12.9. The molecular formula is C15H16N2O3. The van der Waals surface area contributed by atoms with E-state index in [1.807, 2.05) is 24.3 Å². The minimum Gasteiger partial charge on any atom is -0.497 e. The van der Waals surface area contributed by atoms with Gasteiger partial charge in [-0.3, -0.25) is 4.79 Å². The van der Waals surface area contributed by atoms with Gasteiger partial charge in [-0.1, -0.05) is 6.07 Å². The Bertz CT molecular complexity index is 657. The molecule has 2 aromatic rings. The number of carbonyl (C=O) groups excluding carboxylic acids is 1. The summed E-state index contributed by atoms with van der Waals surface area (Å²) in [5.41, 5.74) is 1.17. The molecule has 0 bridgehead atoms. The van der Waals surface area contributed by atoms with Crippen LogP contribution < -0.4 is 4.74 Å². The van der Waals surface area contributed by atoms with E-state index in [9.17, 15) is 9.90 Å². The zero-order chi connectivity index (χ0) is 14.1. The molecule has 0 aliphatic carbocycles. The number of nitrogens with zero attached hydrogens (tertiary/aromatic N) is 2. The van der Waals surface area contributed by atoms with Crippen molar-refractivity contribution in [2.45, 2.75) is 12.5 Å². The van der Waals surface area contributed by atoms with Crippen molar-refractivity contribution in [2.75, 3.05) is 20.2 Å². The lowest BCUT2D eigenvalue weighted by atomic mass is 10.2. The van der Waals surface area contributed by atoms with Gasteiger partial charge >= 0.3 is 0 Å². The minimum absolute atomic E-state index is 0.126. The van der Waals surface area contributed by atoms with Crippen molar-refractivity contribution in [2.24, 2.45) is 0 Å². The average Bonchev–Trinajstić information content (AvgIpc) is 2.92. The monoisotopic (exact) mass is 272 g/mol. The summed E-state index contributed by atoms with van der Waals surface area (Å²) in [6.07, 6.45) is 0.222. The van der Waals surface area contributed by atoms with Gasteiger partial charge < -0.3 is 14.7 Å². The first-order valence-corrected chi connectivity index (χ1v) is 6.59. The van der Waals surface area contributed by atoms with Crippen molar-refractivity contribution in [3.63, 3.8) is 0 Å². The smallest absolute Gasteiger partial charge is 0.272 e. The third-order valence-electron chi connectivity index (χ3n) is 3.57. The molecule has 1 atom stereocenters. The van der Waals surface area contributed by atoms with Crippen LogP contribution in [0.4, 0.5) is 0 Å². The number of aliphatic hydroxyl groups excluding tert-OH is 1. The minimum atomic E-state index is -0.413. The predicted octanol–water partition coefficient (Wildman–Crippen LogP) is 1.45. The Morgan fingerprint density at radius 2 is 2.25 bits per heavy atom. The number of likely N-dealkylation sites (tertiary alicyclic amines) is 1. The van der Waals surface area contributed by atoms with Crippen molar-refractivity contribution in [3.05, 3.63) is 36.0 Å². The Balaban J connectivity index is 1.91. The topological polar surface area (TPSA) is 62.7 Å². The normalized spacial score (nSPS) is 18.5. The lowest BCUT2D eigenvalue weighted by molar-refractivity contribution is 0.0759. The quantitative estimate of drug-likeness (QED) is 0.898. The van der Waals surface area contributed by atoms with E-state index in [4.69, 9.17) is 4.74 Å². The maximum absolute atomic E-state index is 12.3. The van der Waals surface area contributed by atoms with Gasteiger partial charge in [-0.25, -0.2) is 4.98 Å². The van der Waals surface area contributed by atoms with E-state index >= 15 is 0 Å². The van der Waals surface area contributed by atoms with Gasteiger partial charge in [0.15, 0.2) is 0 Å². The van der Waals surface area contributed by atoms with Gasteiger partial charge in [-0.15, -0.1) is 0 Å². The fourth-order valence-electron chi connectivity index (χ4n) is 2.44. The molecule has 1 fully saturated rings. The van der Waals surface area contributed by atoms with E-state index in [1.54, 1.807) is 18.1 Å². The summed E-state index contributed by atoms with van der Waals surface area (Å²) >= 11 is 0. The summed E-state index contributed by atoms with van der Waals surface area (Å²) in [6, 6.07) is 9.13. The second-order valence-corrected chi connectivity index (χ2v) is 4.95. The van der Waals surface area contributed by atoms with Crippen LogP contribution in [-0.2, 0) is 0 Å². The van der Waals surface area contributed by atoms with Crippen LogP contribution in [0.5, 0.6) is 5.75 Å². The second-order valence-electron chi connectivity index (χ2n) is 4.95. The number of carbonyl (C=O) groups is 1. The van der Waals surface area contributed by atoms with E-state index in [-0.39, 0.29) is 5.91 Å². The Labute approximate surface area is 116 Å². The largest absolute Gasteiger partial charge is 0.497 e. The molecule has 104 valence electrons. The number of pyridine rings is 1. The van der Waals surface area contributed by atoms with Gasteiger partial charge in [-0.05, 0) is 30.7 Å². The van der Waals surface area contributed by atoms with Crippen LogP contribution in [0.2, 0.25) is 0 Å². The van der Waals surface area contributed by atoms with Crippen LogP contribution in [0.25, 0.3) is 10.9 Å². The molecule has 2 heterocycles. The molecule has 5 nitrogen and oxygen atoms in total. The van der Waals surface area contributed by atoms with Crippen molar-refractivity contribution in [1.82, 2.24) is 9.88 Å². The Hall–Kier alpha value is -2.14. The maximum atomic E-state index is 12.3. The molecule has 1 aliphatic heterocycles. The highest BCUT2D eigenvalue weighted by molar-refractivity contribution is 5.95. The molecular weight excluding hydrogens is 256 g/mol. The maximum Gasteiger partial charge on any atom is 0.272 e. The molecule has 0 unspecified atom stereocenters. The van der Waals surface area contributed by atoms with Crippen LogP contribution in [-0.4, -0.2) is 47.2 Å². The number of hydrogen-bond donors (Lipinski definition) is 1. The molecule has 0 radical (unpaired) electrons. The molecule has 0 saturated carbocycles. The number of methoxy groups -OCH3 is 1. The standard InChI is InChI=1S/C15H16N2O3/c1-20-12-3-5-13-10(8-12)2-4-14(16-13)15(19)17-7-6-11(18)9-17/h2-5,8,11,18H,6-7,9H2,1H3/t11-/m1/s1. The van der Waals surface area contributed by atoms with E-state index in [2.05, 4.69) is 4.98 Å². The highest BCUT2D eigenvalue weighted by Gasteiger charge is 2.26. The van der Waals surface area contributed by atoms with Gasteiger partial charge in [0.25, 0.3) is 5.91 Å². The number of amides is 1. The highest BCUT2D eigenvalue weighted by Crippen LogP contribution is 2.20. The van der Waals surface area contributed by atoms with Gasteiger partial charge in [0, 0.05) is 18.5 Å². The van der Waals surface area contributed by atoms with Crippen LogP contribution >= 0.6 is 0 Å². The van der Waals surface area contributed by atoms with E-state index in [0.717, 1.165) is 16.7 Å². The summed E-state index contributed by atoms with van der Waals surface area (Å²) in [5.74, 6) is 0.639. The Kier molecular flexibility index (Phi) is 3.28. The van der Waals surface area contributed by atoms with E-state index in [0.29, 0.717) is 25.2 Å². The SMILES string of the molecule is COc1ccc2nc(C(=O)N3CC[C@@H](O)C3)ccc2c1. The number of aromatic nitrogens is 1. The molecule has 1 N–H and O–H groups in total. The van der Waals surface area contributed by atoms with Crippen molar-refractivity contribution in [1.29, 1.82) is 0 Å². The van der Waals surface area contributed by atoms with Crippen molar-refractivity contribution in [3.8, 4) is 5.75 Å². The van der Waals surface area contributed by atoms with Crippen LogP contribution in [0.15, 0.2) is 30.3 Å². The van der Waals surface area contributed by atoms with Gasteiger partial charge in [-0.2, -0.15) is 0 Å². The summed E-state index contributed by atoms with van der Waals surface area (Å²) in [4.78, 5) is 18.3. The molecule has 0 spiro atoms. The second kappa shape index (κ2) is 5.09. The van der Waals surface area contributed by atoms with E-state index in [1.165, 1.54) is 0 Å². The Morgan fingerprint density at radius 3 is 2.95 bits per heavy atom. The lowest BCUT2D eigenvalue weighted by Crippen LogP contribution is -2.30. The number of fused-ring (bicyclic) bond motifs is 1. The lowest BCUT2D eigenvalue weighted by Gasteiger charge is -2.15. The average molecular weight is 272 g/mol. The molecule has 1 aromatic carbocycles. The first-order chi connectivity index (χ1) is 9.67. The molecule has 20 heavy (non-hydrogen) atoms. The van der Waals surface area contributed by atoms with Crippen LogP contribution in [0, 0.1) is 0 Å². The molecule has 1 amide bonds. The molecule has 3 rings (SSSR count). The van der Waals surface area contributed by atoms with E-state index < -0.39 is 6.10 Å². The number of β-amino-alcohol motifs (C(OH)–C–C–N with tert-alkyl or cyclic N) is 1. The zero-order valence-corrected chi connectivity index (χ0v) is 11.2.